The van der Waals surface area contributed by atoms with Gasteiger partial charge in [0.1, 0.15) is 0 Å². The first-order valence-corrected chi connectivity index (χ1v) is 10.5. The molecule has 1 aromatic heterocycles. The Hall–Kier alpha value is -3.10. The van der Waals surface area contributed by atoms with Crippen LogP contribution in [0, 0.1) is 0 Å². The number of nitrogens with zero attached hydrogens (tertiary/aromatic N) is 1. The predicted octanol–water partition coefficient (Wildman–Crippen LogP) is 4.45. The fourth-order valence-electron chi connectivity index (χ4n) is 3.51. The summed E-state index contributed by atoms with van der Waals surface area (Å²) in [5, 5.41) is 6.81. The van der Waals surface area contributed by atoms with Gasteiger partial charge in [0, 0.05) is 21.2 Å². The van der Waals surface area contributed by atoms with Crippen molar-refractivity contribution in [1.82, 2.24) is 4.98 Å². The molecule has 0 saturated heterocycles. The number of halogens is 1. The molecule has 2 amide bonds. The van der Waals surface area contributed by atoms with Crippen LogP contribution in [0.5, 0.6) is 11.5 Å². The molecule has 0 saturated carbocycles. The average molecular weight is 442 g/mol. The molecule has 9 heteroatoms. The van der Waals surface area contributed by atoms with Gasteiger partial charge in [0.25, 0.3) is 5.91 Å². The van der Waals surface area contributed by atoms with E-state index in [1.54, 1.807) is 42.5 Å². The van der Waals surface area contributed by atoms with Gasteiger partial charge in [-0.1, -0.05) is 11.6 Å². The van der Waals surface area contributed by atoms with Gasteiger partial charge in [-0.05, 0) is 55.3 Å². The molecule has 1 aliphatic carbocycles. The molecule has 0 bridgehead atoms. The molecule has 3 aromatic rings. The highest BCUT2D eigenvalue weighted by Gasteiger charge is 2.33. The third-order valence-electron chi connectivity index (χ3n) is 5.00. The molecule has 2 N–H and O–H groups in total. The quantitative estimate of drug-likeness (QED) is 0.624. The zero-order valence-electron chi connectivity index (χ0n) is 15.6. The minimum absolute atomic E-state index is 0.116. The first-order valence-electron chi connectivity index (χ1n) is 9.34. The topological polar surface area (TPSA) is 89.6 Å². The van der Waals surface area contributed by atoms with E-state index in [0.717, 1.165) is 17.0 Å². The molecule has 2 aliphatic rings. The Kier molecular flexibility index (Phi) is 4.80. The second-order valence-corrected chi connectivity index (χ2v) is 8.46. The van der Waals surface area contributed by atoms with E-state index in [1.165, 1.54) is 11.3 Å². The number of aromatic nitrogens is 1. The number of rotatable bonds is 4. The van der Waals surface area contributed by atoms with Crippen LogP contribution < -0.4 is 20.1 Å². The Morgan fingerprint density at radius 3 is 2.70 bits per heavy atom. The summed E-state index contributed by atoms with van der Waals surface area (Å²) in [7, 11) is 0. The predicted molar refractivity (Wildman–Crippen MR) is 114 cm³/mol. The lowest BCUT2D eigenvalue weighted by atomic mass is 10.1. The number of fused-ring (bicyclic) bond motifs is 2. The average Bonchev–Trinajstić information content (AvgIpc) is 3.44. The maximum absolute atomic E-state index is 12.7. The van der Waals surface area contributed by atoms with Crippen LogP contribution in [-0.4, -0.2) is 23.6 Å². The minimum Gasteiger partial charge on any atom is -0.454 e. The summed E-state index contributed by atoms with van der Waals surface area (Å²) in [6.07, 6.45) is 1.45. The maximum Gasteiger partial charge on any atom is 0.257 e. The van der Waals surface area contributed by atoms with E-state index < -0.39 is 0 Å². The van der Waals surface area contributed by atoms with Crippen LogP contribution in [0.4, 0.5) is 10.8 Å². The molecule has 0 fully saturated rings. The van der Waals surface area contributed by atoms with Gasteiger partial charge in [-0.3, -0.25) is 14.9 Å². The van der Waals surface area contributed by atoms with Gasteiger partial charge in [0.2, 0.25) is 12.7 Å². The smallest absolute Gasteiger partial charge is 0.257 e. The van der Waals surface area contributed by atoms with Gasteiger partial charge in [0.05, 0.1) is 11.6 Å². The summed E-state index contributed by atoms with van der Waals surface area (Å²) in [5.41, 5.74) is 1.86. The summed E-state index contributed by atoms with van der Waals surface area (Å²) in [4.78, 5) is 30.9. The molecule has 1 atom stereocenters. The van der Waals surface area contributed by atoms with Crippen molar-refractivity contribution in [2.75, 3.05) is 17.4 Å². The summed E-state index contributed by atoms with van der Waals surface area (Å²) in [5.74, 6) is 0.415. The fraction of sp³-hybridized carbons (Fsp3) is 0.190. The third kappa shape index (κ3) is 3.59. The van der Waals surface area contributed by atoms with Crippen molar-refractivity contribution in [2.45, 2.75) is 18.8 Å². The van der Waals surface area contributed by atoms with Crippen LogP contribution in [0.1, 0.15) is 33.3 Å². The highest BCUT2D eigenvalue weighted by molar-refractivity contribution is 7.16. The zero-order chi connectivity index (χ0) is 20.7. The molecule has 7 nitrogen and oxygen atoms in total. The molecule has 30 heavy (non-hydrogen) atoms. The van der Waals surface area contributed by atoms with Crippen LogP contribution in [0.3, 0.4) is 0 Å². The number of benzene rings is 2. The number of hydrogen-bond donors (Lipinski definition) is 2. The van der Waals surface area contributed by atoms with Crippen molar-refractivity contribution >= 4 is 45.6 Å². The van der Waals surface area contributed by atoms with E-state index in [4.69, 9.17) is 21.1 Å². The number of carbonyl (C=O) groups is 2. The van der Waals surface area contributed by atoms with Gasteiger partial charge in [-0.15, -0.1) is 11.3 Å². The first kappa shape index (κ1) is 18.9. The molecule has 1 aliphatic heterocycles. The molecule has 0 radical (unpaired) electrons. The van der Waals surface area contributed by atoms with Crippen molar-refractivity contribution in [1.29, 1.82) is 0 Å². The summed E-state index contributed by atoms with van der Waals surface area (Å²) >= 11 is 7.29. The summed E-state index contributed by atoms with van der Waals surface area (Å²) in [6.45, 7) is 0.152. The van der Waals surface area contributed by atoms with Crippen LogP contribution in [0.2, 0.25) is 5.02 Å². The largest absolute Gasteiger partial charge is 0.454 e. The Bertz CT molecular complexity index is 1150. The van der Waals surface area contributed by atoms with E-state index in [-0.39, 0.29) is 24.5 Å². The highest BCUT2D eigenvalue weighted by atomic mass is 35.5. The standard InChI is InChI=1S/C21H16ClN3O4S/c22-12-2-4-13(5-3-12)23-20(27)14-6-8-17-18(14)24-21(30-17)25-19(26)11-1-7-15-16(9-11)29-10-28-15/h1-5,7,9,14H,6,8,10H2,(H,23,27)(H,24,25,26). The maximum atomic E-state index is 12.7. The lowest BCUT2D eigenvalue weighted by Crippen LogP contribution is -2.20. The van der Waals surface area contributed by atoms with Crippen molar-refractivity contribution in [3.63, 3.8) is 0 Å². The molecule has 0 spiro atoms. The lowest BCUT2D eigenvalue weighted by molar-refractivity contribution is -0.117. The second kappa shape index (κ2) is 7.62. The zero-order valence-corrected chi connectivity index (χ0v) is 17.2. The number of thiazole rings is 1. The first-order chi connectivity index (χ1) is 14.6. The van der Waals surface area contributed by atoms with Crippen LogP contribution in [0.15, 0.2) is 42.5 Å². The molecule has 2 heterocycles. The molecule has 1 unspecified atom stereocenters. The van der Waals surface area contributed by atoms with E-state index in [1.807, 2.05) is 0 Å². The van der Waals surface area contributed by atoms with E-state index in [2.05, 4.69) is 15.6 Å². The highest BCUT2D eigenvalue weighted by Crippen LogP contribution is 2.39. The van der Waals surface area contributed by atoms with Crippen LogP contribution in [0.25, 0.3) is 0 Å². The summed E-state index contributed by atoms with van der Waals surface area (Å²) < 4.78 is 10.6. The van der Waals surface area contributed by atoms with Crippen LogP contribution in [-0.2, 0) is 11.2 Å². The molecular weight excluding hydrogens is 426 g/mol. The van der Waals surface area contributed by atoms with Crippen molar-refractivity contribution in [3.05, 3.63) is 63.6 Å². The Morgan fingerprint density at radius 1 is 1.07 bits per heavy atom. The number of ether oxygens (including phenoxy) is 2. The Balaban J connectivity index is 1.29. The monoisotopic (exact) mass is 441 g/mol. The molecule has 152 valence electrons. The van der Waals surface area contributed by atoms with E-state index in [0.29, 0.717) is 39.3 Å². The minimum atomic E-state index is -0.344. The Labute approximate surface area is 181 Å². The molecule has 5 rings (SSSR count). The molecule has 2 aromatic carbocycles. The number of hydrogen-bond acceptors (Lipinski definition) is 6. The van der Waals surface area contributed by atoms with Crippen LogP contribution >= 0.6 is 22.9 Å². The van der Waals surface area contributed by atoms with Crippen molar-refractivity contribution < 1.29 is 19.1 Å². The summed E-state index contributed by atoms with van der Waals surface area (Å²) in [6, 6.07) is 12.0. The lowest BCUT2D eigenvalue weighted by Gasteiger charge is -2.11. The van der Waals surface area contributed by atoms with Gasteiger partial charge in [-0.25, -0.2) is 4.98 Å². The van der Waals surface area contributed by atoms with Gasteiger partial charge >= 0.3 is 0 Å². The normalized spacial score (nSPS) is 16.2. The fourth-order valence-corrected chi connectivity index (χ4v) is 4.66. The number of nitrogens with one attached hydrogen (secondary N) is 2. The number of amides is 2. The van der Waals surface area contributed by atoms with E-state index in [9.17, 15) is 9.59 Å². The molecular formula is C21H16ClN3O4S. The third-order valence-corrected chi connectivity index (χ3v) is 6.30. The van der Waals surface area contributed by atoms with Crippen molar-refractivity contribution in [2.24, 2.45) is 0 Å². The SMILES string of the molecule is O=C(Nc1nc2c(s1)CCC2C(=O)Nc1ccc(Cl)cc1)c1ccc2c(c1)OCO2. The van der Waals surface area contributed by atoms with Crippen molar-refractivity contribution in [3.8, 4) is 11.5 Å². The Morgan fingerprint density at radius 2 is 1.87 bits per heavy atom. The number of anilines is 2. The van der Waals surface area contributed by atoms with Gasteiger partial charge < -0.3 is 14.8 Å². The number of carbonyl (C=O) groups excluding carboxylic acids is 2. The van der Waals surface area contributed by atoms with Gasteiger partial charge in [0.15, 0.2) is 16.6 Å². The number of aryl methyl sites for hydroxylation is 1. The van der Waals surface area contributed by atoms with Gasteiger partial charge in [-0.2, -0.15) is 0 Å². The van der Waals surface area contributed by atoms with E-state index >= 15 is 0 Å². The second-order valence-electron chi connectivity index (χ2n) is 6.94.